The van der Waals surface area contributed by atoms with E-state index in [2.05, 4.69) is 21.3 Å². The summed E-state index contributed by atoms with van der Waals surface area (Å²) in [6.45, 7) is 10.5. The Bertz CT molecular complexity index is 1220. The number of likely N-dealkylation sites (tertiary alicyclic amines) is 1. The third-order valence-corrected chi connectivity index (χ3v) is 7.24. The number of primary amides is 1. The molecule has 6 amide bonds. The molecule has 0 bridgehead atoms. The van der Waals surface area contributed by atoms with Gasteiger partial charge in [-0.05, 0) is 43.5 Å². The van der Waals surface area contributed by atoms with Crippen LogP contribution in [0, 0.1) is 17.8 Å². The molecule has 268 valence electrons. The Morgan fingerprint density at radius 3 is 2.23 bits per heavy atom. The average molecular weight is 677 g/mol. The van der Waals surface area contributed by atoms with E-state index in [-0.39, 0.29) is 54.0 Å². The SMILES string of the molecule is CC1CC(=O)N(CCOCCC=O)C1=O.CNC(C(=O)NC(CCCNC(N)=O)C(=O)Nc1ccc(COC(=O)C(C)C)cc1)C(C)C. The first-order valence-electron chi connectivity index (χ1n) is 16.1. The maximum atomic E-state index is 12.9. The number of anilines is 1. The number of likely N-dealkylation sites (N-methyl/N-ethyl adjacent to an activating group) is 1. The molecule has 1 fully saturated rings. The minimum Gasteiger partial charge on any atom is -0.461 e. The van der Waals surface area contributed by atoms with Gasteiger partial charge in [-0.2, -0.15) is 0 Å². The molecule has 0 aliphatic carbocycles. The number of benzene rings is 1. The maximum absolute atomic E-state index is 12.9. The summed E-state index contributed by atoms with van der Waals surface area (Å²) in [6.07, 6.45) is 2.18. The lowest BCUT2D eigenvalue weighted by Crippen LogP contribution is -2.52. The summed E-state index contributed by atoms with van der Waals surface area (Å²) >= 11 is 0. The van der Waals surface area contributed by atoms with Crippen LogP contribution < -0.4 is 27.0 Å². The maximum Gasteiger partial charge on any atom is 0.312 e. The van der Waals surface area contributed by atoms with Gasteiger partial charge in [0, 0.05) is 31.0 Å². The highest BCUT2D eigenvalue weighted by molar-refractivity contribution is 6.03. The number of hydrogen-bond acceptors (Lipinski definition) is 10. The number of carbonyl (C=O) groups is 7. The van der Waals surface area contributed by atoms with E-state index in [0.29, 0.717) is 57.7 Å². The number of hydrogen-bond donors (Lipinski definition) is 5. The van der Waals surface area contributed by atoms with Crippen molar-refractivity contribution in [2.24, 2.45) is 23.5 Å². The minimum atomic E-state index is -0.798. The molecule has 6 N–H and O–H groups in total. The van der Waals surface area contributed by atoms with Crippen LogP contribution in [0.5, 0.6) is 0 Å². The van der Waals surface area contributed by atoms with Crippen LogP contribution in [0.2, 0.25) is 0 Å². The van der Waals surface area contributed by atoms with Crippen molar-refractivity contribution in [3.05, 3.63) is 29.8 Å². The first kappa shape index (κ1) is 41.7. The summed E-state index contributed by atoms with van der Waals surface area (Å²) in [4.78, 5) is 82.0. The van der Waals surface area contributed by atoms with Crippen LogP contribution in [0.25, 0.3) is 0 Å². The number of amides is 6. The van der Waals surface area contributed by atoms with Gasteiger partial charge in [0.1, 0.15) is 18.9 Å². The molecular formula is C33H52N6O9. The zero-order valence-corrected chi connectivity index (χ0v) is 28.8. The van der Waals surface area contributed by atoms with E-state index in [1.807, 2.05) is 13.8 Å². The van der Waals surface area contributed by atoms with E-state index >= 15 is 0 Å². The normalized spacial score (nSPS) is 15.3. The molecule has 0 radical (unpaired) electrons. The summed E-state index contributed by atoms with van der Waals surface area (Å²) in [5, 5.41) is 11.0. The Morgan fingerprint density at radius 2 is 1.71 bits per heavy atom. The van der Waals surface area contributed by atoms with Gasteiger partial charge in [0.05, 0.1) is 31.7 Å². The van der Waals surface area contributed by atoms with Crippen LogP contribution in [0.15, 0.2) is 24.3 Å². The second-order valence-corrected chi connectivity index (χ2v) is 12.0. The molecule has 48 heavy (non-hydrogen) atoms. The van der Waals surface area contributed by atoms with E-state index < -0.39 is 18.1 Å². The number of aldehydes is 1. The summed E-state index contributed by atoms with van der Waals surface area (Å²) in [7, 11) is 1.69. The number of nitrogens with one attached hydrogen (secondary N) is 4. The van der Waals surface area contributed by atoms with Crippen LogP contribution in [-0.2, 0) is 44.8 Å². The minimum absolute atomic E-state index is 0.0348. The van der Waals surface area contributed by atoms with Crippen molar-refractivity contribution >= 4 is 47.6 Å². The molecule has 15 heteroatoms. The number of rotatable bonds is 19. The largest absolute Gasteiger partial charge is 0.461 e. The Balaban J connectivity index is 0.000000637. The van der Waals surface area contributed by atoms with Crippen molar-refractivity contribution in [2.45, 2.75) is 79.0 Å². The smallest absolute Gasteiger partial charge is 0.312 e. The van der Waals surface area contributed by atoms with Gasteiger partial charge in [-0.1, -0.05) is 46.8 Å². The lowest BCUT2D eigenvalue weighted by atomic mass is 10.0. The molecule has 0 aromatic heterocycles. The van der Waals surface area contributed by atoms with E-state index in [1.54, 1.807) is 52.1 Å². The van der Waals surface area contributed by atoms with Gasteiger partial charge in [-0.15, -0.1) is 0 Å². The molecule has 1 aromatic carbocycles. The fourth-order valence-corrected chi connectivity index (χ4v) is 4.52. The van der Waals surface area contributed by atoms with Gasteiger partial charge in [-0.3, -0.25) is 28.9 Å². The fraction of sp³-hybridized carbons (Fsp3) is 0.606. The molecule has 1 saturated heterocycles. The van der Waals surface area contributed by atoms with E-state index in [0.717, 1.165) is 11.8 Å². The van der Waals surface area contributed by atoms with Crippen LogP contribution >= 0.6 is 0 Å². The Labute approximate surface area is 282 Å². The lowest BCUT2D eigenvalue weighted by molar-refractivity contribution is -0.148. The summed E-state index contributed by atoms with van der Waals surface area (Å²) < 4.78 is 10.3. The first-order valence-corrected chi connectivity index (χ1v) is 16.1. The summed E-state index contributed by atoms with van der Waals surface area (Å²) in [5.41, 5.74) is 6.41. The van der Waals surface area contributed by atoms with Crippen molar-refractivity contribution in [1.82, 2.24) is 20.9 Å². The number of urea groups is 1. The van der Waals surface area contributed by atoms with Crippen molar-refractivity contribution in [3.8, 4) is 0 Å². The molecular weight excluding hydrogens is 624 g/mol. The summed E-state index contributed by atoms with van der Waals surface area (Å²) in [5.74, 6) is -1.56. The van der Waals surface area contributed by atoms with Crippen LogP contribution in [0.4, 0.5) is 10.5 Å². The molecule has 3 atom stereocenters. The van der Waals surface area contributed by atoms with Gasteiger partial charge < -0.3 is 41.3 Å². The predicted molar refractivity (Wildman–Crippen MR) is 178 cm³/mol. The van der Waals surface area contributed by atoms with Gasteiger partial charge in [0.15, 0.2) is 0 Å². The third-order valence-electron chi connectivity index (χ3n) is 7.24. The number of nitrogens with zero attached hydrogens (tertiary/aromatic N) is 1. The molecule has 1 heterocycles. The Morgan fingerprint density at radius 1 is 1.04 bits per heavy atom. The van der Waals surface area contributed by atoms with E-state index in [9.17, 15) is 33.6 Å². The first-order chi connectivity index (χ1) is 22.7. The highest BCUT2D eigenvalue weighted by Gasteiger charge is 2.35. The third kappa shape index (κ3) is 15.5. The lowest BCUT2D eigenvalue weighted by Gasteiger charge is -2.24. The number of imide groups is 1. The fourth-order valence-electron chi connectivity index (χ4n) is 4.52. The predicted octanol–water partition coefficient (Wildman–Crippen LogP) is 1.49. The van der Waals surface area contributed by atoms with Gasteiger partial charge in [0.2, 0.25) is 23.6 Å². The summed E-state index contributed by atoms with van der Waals surface area (Å²) in [6, 6.07) is 5.02. The quantitative estimate of drug-likeness (QED) is 0.0616. The topological polar surface area (TPSA) is 215 Å². The number of nitrogens with two attached hydrogens (primary N) is 1. The number of ether oxygens (including phenoxy) is 2. The van der Waals surface area contributed by atoms with Crippen LogP contribution in [0.3, 0.4) is 0 Å². The molecule has 1 aromatic rings. The van der Waals surface area contributed by atoms with Crippen molar-refractivity contribution in [3.63, 3.8) is 0 Å². The van der Waals surface area contributed by atoms with Gasteiger partial charge >= 0.3 is 12.0 Å². The molecule has 0 spiro atoms. The van der Waals surface area contributed by atoms with Gasteiger partial charge in [0.25, 0.3) is 0 Å². The molecule has 1 aliphatic heterocycles. The van der Waals surface area contributed by atoms with E-state index in [4.69, 9.17) is 15.2 Å². The second-order valence-electron chi connectivity index (χ2n) is 12.0. The molecule has 2 rings (SSSR count). The number of esters is 1. The van der Waals surface area contributed by atoms with Gasteiger partial charge in [-0.25, -0.2) is 4.79 Å². The standard InChI is InChI=1S/C23H37N5O5.C10H15NO4/c1-14(2)19(25-5)21(30)28-18(7-6-12-26-23(24)32)20(29)27-17-10-8-16(9-11-17)13-33-22(31)15(3)4;1-8-7-9(13)11(10(8)14)3-6-15-5-2-4-12/h8-11,14-15,18-19,25H,6-7,12-13H2,1-5H3,(H,27,29)(H,28,30)(H3,24,26,32);4,8H,2-3,5-7H2,1H3. The molecule has 1 aliphatic rings. The Kier molecular flexibility index (Phi) is 19.3. The molecule has 0 saturated carbocycles. The zero-order chi connectivity index (χ0) is 36.2. The van der Waals surface area contributed by atoms with Crippen molar-refractivity contribution in [1.29, 1.82) is 0 Å². The van der Waals surface area contributed by atoms with E-state index in [1.165, 1.54) is 4.90 Å². The molecule has 15 nitrogen and oxygen atoms in total. The monoisotopic (exact) mass is 676 g/mol. The number of carbonyl (C=O) groups excluding carboxylic acids is 7. The van der Waals surface area contributed by atoms with Crippen molar-refractivity contribution in [2.75, 3.05) is 38.7 Å². The zero-order valence-electron chi connectivity index (χ0n) is 28.8. The van der Waals surface area contributed by atoms with Crippen molar-refractivity contribution < 1.29 is 43.0 Å². The van der Waals surface area contributed by atoms with Crippen LogP contribution in [0.1, 0.15) is 65.9 Å². The van der Waals surface area contributed by atoms with Crippen LogP contribution in [-0.4, -0.2) is 92.2 Å². The average Bonchev–Trinajstić information content (AvgIpc) is 3.27. The highest BCUT2D eigenvalue weighted by atomic mass is 16.5. The highest BCUT2D eigenvalue weighted by Crippen LogP contribution is 2.18. The molecule has 3 unspecified atom stereocenters. The second kappa shape index (κ2) is 22.2. The Hall–Kier alpha value is -4.37.